The third-order valence-electron chi connectivity index (χ3n) is 2.19. The van der Waals surface area contributed by atoms with Crippen molar-refractivity contribution in [2.45, 2.75) is 19.6 Å². The first-order valence-corrected chi connectivity index (χ1v) is 5.01. The fourth-order valence-corrected chi connectivity index (χ4v) is 1.51. The molecule has 1 N–H and O–H groups in total. The van der Waals surface area contributed by atoms with Crippen molar-refractivity contribution in [1.82, 2.24) is 9.78 Å². The molecule has 0 radical (unpaired) electrons. The maximum absolute atomic E-state index is 9.22. The van der Waals surface area contributed by atoms with Crippen LogP contribution in [0.4, 0.5) is 0 Å². The van der Waals surface area contributed by atoms with Crippen molar-refractivity contribution >= 4 is 0 Å². The van der Waals surface area contributed by atoms with Gasteiger partial charge in [-0.15, -0.1) is 0 Å². The first kappa shape index (κ1) is 9.93. The Morgan fingerprint density at radius 2 is 2.00 bits per heavy atom. The van der Waals surface area contributed by atoms with E-state index in [2.05, 4.69) is 5.10 Å². The molecule has 0 saturated heterocycles. The third kappa shape index (κ3) is 2.44. The molecular weight excluding hydrogens is 188 g/mol. The highest BCUT2D eigenvalue weighted by Gasteiger charge is 2.02. The second-order valence-corrected chi connectivity index (χ2v) is 3.67. The van der Waals surface area contributed by atoms with E-state index in [1.54, 1.807) is 11.6 Å². The minimum absolute atomic E-state index is 0.367. The van der Waals surface area contributed by atoms with Gasteiger partial charge in [-0.2, -0.15) is 5.10 Å². The lowest BCUT2D eigenvalue weighted by Gasteiger charge is -2.02. The average molecular weight is 202 g/mol. The summed E-state index contributed by atoms with van der Waals surface area (Å²) in [5, 5.41) is 13.4. The Kier molecular flexibility index (Phi) is 2.83. The van der Waals surface area contributed by atoms with Crippen molar-refractivity contribution in [2.75, 3.05) is 0 Å². The Balaban J connectivity index is 2.21. The predicted octanol–water partition coefficient (Wildman–Crippen LogP) is 1.93. The van der Waals surface area contributed by atoms with Gasteiger partial charge in [0.05, 0.1) is 18.8 Å². The average Bonchev–Trinajstić information content (AvgIpc) is 2.67. The number of benzene rings is 1. The molecule has 1 heterocycles. The standard InChI is InChI=1S/C12H14N2O/c1-10(15)8-14-9-12(7-13-14)11-5-3-2-4-6-11/h2-7,9-10,15H,8H2,1H3/t10-/m0/s1. The second-order valence-electron chi connectivity index (χ2n) is 3.67. The molecule has 0 saturated carbocycles. The van der Waals surface area contributed by atoms with Gasteiger partial charge in [0.1, 0.15) is 0 Å². The minimum Gasteiger partial charge on any atom is -0.391 e. The molecule has 0 aliphatic carbocycles. The number of hydrogen-bond acceptors (Lipinski definition) is 2. The summed E-state index contributed by atoms with van der Waals surface area (Å²) in [7, 11) is 0. The molecule has 0 aliphatic rings. The molecule has 1 atom stereocenters. The molecule has 1 aromatic carbocycles. The van der Waals surface area contributed by atoms with Crippen LogP contribution in [-0.2, 0) is 6.54 Å². The lowest BCUT2D eigenvalue weighted by Crippen LogP contribution is -2.11. The van der Waals surface area contributed by atoms with E-state index in [0.29, 0.717) is 6.54 Å². The summed E-state index contributed by atoms with van der Waals surface area (Å²) in [5.41, 5.74) is 2.23. The van der Waals surface area contributed by atoms with Crippen molar-refractivity contribution in [1.29, 1.82) is 0 Å². The first-order chi connectivity index (χ1) is 7.25. The van der Waals surface area contributed by atoms with E-state index in [0.717, 1.165) is 11.1 Å². The fraction of sp³-hybridized carbons (Fsp3) is 0.250. The molecule has 2 rings (SSSR count). The maximum atomic E-state index is 9.22. The van der Waals surface area contributed by atoms with Crippen LogP contribution in [0.1, 0.15) is 6.92 Å². The van der Waals surface area contributed by atoms with Crippen LogP contribution >= 0.6 is 0 Å². The number of aliphatic hydroxyl groups is 1. The SMILES string of the molecule is C[C@H](O)Cn1cc(-c2ccccc2)cn1. The first-order valence-electron chi connectivity index (χ1n) is 5.01. The predicted molar refractivity (Wildman–Crippen MR) is 59.3 cm³/mol. The molecule has 0 bridgehead atoms. The Bertz CT molecular complexity index is 420. The zero-order valence-corrected chi connectivity index (χ0v) is 8.67. The van der Waals surface area contributed by atoms with Gasteiger partial charge in [-0.05, 0) is 12.5 Å². The van der Waals surface area contributed by atoms with Gasteiger partial charge >= 0.3 is 0 Å². The molecular formula is C12H14N2O. The number of nitrogens with zero attached hydrogens (tertiary/aromatic N) is 2. The Morgan fingerprint density at radius 3 is 2.67 bits per heavy atom. The van der Waals surface area contributed by atoms with Crippen LogP contribution in [0.5, 0.6) is 0 Å². The monoisotopic (exact) mass is 202 g/mol. The molecule has 0 unspecified atom stereocenters. The van der Waals surface area contributed by atoms with E-state index >= 15 is 0 Å². The van der Waals surface area contributed by atoms with E-state index in [1.807, 2.05) is 42.7 Å². The van der Waals surface area contributed by atoms with Crippen molar-refractivity contribution < 1.29 is 5.11 Å². The van der Waals surface area contributed by atoms with Crippen molar-refractivity contribution in [3.05, 3.63) is 42.7 Å². The van der Waals surface area contributed by atoms with Crippen LogP contribution in [-0.4, -0.2) is 21.0 Å². The smallest absolute Gasteiger partial charge is 0.0708 e. The number of rotatable bonds is 3. The van der Waals surface area contributed by atoms with E-state index in [9.17, 15) is 5.11 Å². The highest BCUT2D eigenvalue weighted by Crippen LogP contribution is 2.17. The van der Waals surface area contributed by atoms with Gasteiger partial charge < -0.3 is 5.11 Å². The number of aliphatic hydroxyl groups excluding tert-OH is 1. The molecule has 78 valence electrons. The van der Waals surface area contributed by atoms with Crippen molar-refractivity contribution in [3.8, 4) is 11.1 Å². The van der Waals surface area contributed by atoms with Crippen LogP contribution < -0.4 is 0 Å². The fourth-order valence-electron chi connectivity index (χ4n) is 1.51. The molecule has 0 aliphatic heterocycles. The molecule has 3 nitrogen and oxygen atoms in total. The van der Waals surface area contributed by atoms with E-state index < -0.39 is 0 Å². The lowest BCUT2D eigenvalue weighted by atomic mass is 10.1. The lowest BCUT2D eigenvalue weighted by molar-refractivity contribution is 0.168. The topological polar surface area (TPSA) is 38.0 Å². The summed E-state index contributed by atoms with van der Waals surface area (Å²) in [6.45, 7) is 2.29. The van der Waals surface area contributed by atoms with Gasteiger partial charge in [0.25, 0.3) is 0 Å². The molecule has 15 heavy (non-hydrogen) atoms. The summed E-state index contributed by atoms with van der Waals surface area (Å²) >= 11 is 0. The van der Waals surface area contributed by atoms with E-state index in [4.69, 9.17) is 0 Å². The van der Waals surface area contributed by atoms with Crippen LogP contribution in [0.2, 0.25) is 0 Å². The van der Waals surface area contributed by atoms with E-state index in [1.165, 1.54) is 0 Å². The highest BCUT2D eigenvalue weighted by atomic mass is 16.3. The summed E-state index contributed by atoms with van der Waals surface area (Å²) in [6.07, 6.45) is 3.40. The van der Waals surface area contributed by atoms with Crippen LogP contribution in [0.3, 0.4) is 0 Å². The quantitative estimate of drug-likeness (QED) is 0.825. The minimum atomic E-state index is -0.367. The van der Waals surface area contributed by atoms with Gasteiger partial charge in [-0.1, -0.05) is 30.3 Å². The van der Waals surface area contributed by atoms with Crippen molar-refractivity contribution in [2.24, 2.45) is 0 Å². The molecule has 0 fully saturated rings. The van der Waals surface area contributed by atoms with Gasteiger partial charge in [0, 0.05) is 11.8 Å². The Morgan fingerprint density at radius 1 is 1.27 bits per heavy atom. The zero-order valence-electron chi connectivity index (χ0n) is 8.67. The van der Waals surface area contributed by atoms with Crippen LogP contribution in [0.25, 0.3) is 11.1 Å². The molecule has 0 amide bonds. The number of hydrogen-bond donors (Lipinski definition) is 1. The number of aromatic nitrogens is 2. The van der Waals surface area contributed by atoms with Crippen LogP contribution in [0.15, 0.2) is 42.7 Å². The largest absolute Gasteiger partial charge is 0.391 e. The summed E-state index contributed by atoms with van der Waals surface area (Å²) in [4.78, 5) is 0. The second kappa shape index (κ2) is 4.28. The highest BCUT2D eigenvalue weighted by molar-refractivity contribution is 5.61. The van der Waals surface area contributed by atoms with Crippen LogP contribution in [0, 0.1) is 0 Å². The Labute approximate surface area is 89.0 Å². The summed E-state index contributed by atoms with van der Waals surface area (Å²) in [5.74, 6) is 0. The molecule has 0 spiro atoms. The summed E-state index contributed by atoms with van der Waals surface area (Å²) < 4.78 is 1.76. The molecule has 2 aromatic rings. The van der Waals surface area contributed by atoms with Crippen molar-refractivity contribution in [3.63, 3.8) is 0 Å². The molecule has 1 aromatic heterocycles. The third-order valence-corrected chi connectivity index (χ3v) is 2.19. The van der Waals surface area contributed by atoms with Gasteiger partial charge in [0.2, 0.25) is 0 Å². The summed E-state index contributed by atoms with van der Waals surface area (Å²) in [6, 6.07) is 10.1. The molecule has 3 heteroatoms. The Hall–Kier alpha value is -1.61. The van der Waals surface area contributed by atoms with Gasteiger partial charge in [-0.3, -0.25) is 4.68 Å². The van der Waals surface area contributed by atoms with E-state index in [-0.39, 0.29) is 6.10 Å². The normalized spacial score (nSPS) is 12.7. The zero-order chi connectivity index (χ0) is 10.7. The maximum Gasteiger partial charge on any atom is 0.0708 e. The van der Waals surface area contributed by atoms with Gasteiger partial charge in [-0.25, -0.2) is 0 Å². The van der Waals surface area contributed by atoms with Gasteiger partial charge in [0.15, 0.2) is 0 Å².